The Morgan fingerprint density at radius 3 is 2.45 bits per heavy atom. The lowest BCUT2D eigenvalue weighted by Crippen LogP contribution is -2.37. The average molecular weight is 296 g/mol. The Morgan fingerprint density at radius 1 is 1.20 bits per heavy atom. The maximum absolute atomic E-state index is 12.0. The van der Waals surface area contributed by atoms with Crippen LogP contribution in [0.1, 0.15) is 17.5 Å². The fourth-order valence-electron chi connectivity index (χ4n) is 1.59. The smallest absolute Gasteiger partial charge is 0.281 e. The Bertz CT molecular complexity index is 600. The minimum Gasteiger partial charge on any atom is -0.395 e. The molecule has 110 valence electrons. The summed E-state index contributed by atoms with van der Waals surface area (Å²) in [7, 11) is 1.09. The predicted molar refractivity (Wildman–Crippen MR) is 79.1 cm³/mol. The summed E-state index contributed by atoms with van der Waals surface area (Å²) in [6.45, 7) is 0.272. The van der Waals surface area contributed by atoms with Gasteiger partial charge >= 0.3 is 0 Å². The number of benzene rings is 1. The van der Waals surface area contributed by atoms with Crippen LogP contribution in [0.5, 0.6) is 0 Å². The Morgan fingerprint density at radius 2 is 1.85 bits per heavy atom. The van der Waals surface area contributed by atoms with Crippen molar-refractivity contribution in [2.75, 3.05) is 27.7 Å². The topological polar surface area (TPSA) is 60.9 Å². The Kier molecular flexibility index (Phi) is 6.17. The van der Waals surface area contributed by atoms with Crippen LogP contribution in [0, 0.1) is 11.8 Å². The highest BCUT2D eigenvalue weighted by atomic mass is 32.2. The SMILES string of the molecule is CN(C)S(=O)(=O)N(C)Cc1ccccc1C#CCCO. The fraction of sp³-hybridized carbons (Fsp3) is 0.429. The zero-order valence-electron chi connectivity index (χ0n) is 12.0. The average Bonchev–Trinajstić information content (AvgIpc) is 2.40. The highest BCUT2D eigenvalue weighted by Gasteiger charge is 2.20. The molecule has 1 aromatic rings. The molecule has 0 aliphatic carbocycles. The van der Waals surface area contributed by atoms with Gasteiger partial charge in [-0.25, -0.2) is 0 Å². The molecule has 0 saturated carbocycles. The molecule has 0 bridgehead atoms. The third-order valence-electron chi connectivity index (χ3n) is 2.73. The maximum Gasteiger partial charge on any atom is 0.281 e. The summed E-state index contributed by atoms with van der Waals surface area (Å²) >= 11 is 0. The van der Waals surface area contributed by atoms with Crippen molar-refractivity contribution in [2.45, 2.75) is 13.0 Å². The van der Waals surface area contributed by atoms with Crippen LogP contribution < -0.4 is 0 Å². The second kappa shape index (κ2) is 7.41. The van der Waals surface area contributed by atoms with Crippen LogP contribution >= 0.6 is 0 Å². The van der Waals surface area contributed by atoms with Gasteiger partial charge in [0.05, 0.1) is 6.61 Å². The summed E-state index contributed by atoms with van der Waals surface area (Å²) in [4.78, 5) is 0. The molecule has 1 aromatic carbocycles. The minimum absolute atomic E-state index is 0.0179. The molecule has 0 saturated heterocycles. The molecule has 5 nitrogen and oxygen atoms in total. The highest BCUT2D eigenvalue weighted by molar-refractivity contribution is 7.86. The van der Waals surface area contributed by atoms with E-state index in [1.165, 1.54) is 29.8 Å². The molecule has 0 heterocycles. The number of nitrogens with zero attached hydrogens (tertiary/aromatic N) is 2. The first-order valence-corrected chi connectivity index (χ1v) is 7.60. The number of hydrogen-bond acceptors (Lipinski definition) is 3. The van der Waals surface area contributed by atoms with Gasteiger partial charge in [0.2, 0.25) is 0 Å². The zero-order valence-corrected chi connectivity index (χ0v) is 12.8. The van der Waals surface area contributed by atoms with E-state index in [1.54, 1.807) is 0 Å². The molecule has 0 radical (unpaired) electrons. The van der Waals surface area contributed by atoms with Gasteiger partial charge < -0.3 is 5.11 Å². The molecule has 0 spiro atoms. The van der Waals surface area contributed by atoms with Gasteiger partial charge in [-0.3, -0.25) is 0 Å². The van der Waals surface area contributed by atoms with Crippen molar-refractivity contribution in [2.24, 2.45) is 0 Å². The van der Waals surface area contributed by atoms with Crippen molar-refractivity contribution in [3.8, 4) is 11.8 Å². The summed E-state index contributed by atoms with van der Waals surface area (Å²) in [5, 5.41) is 8.73. The lowest BCUT2D eigenvalue weighted by Gasteiger charge is -2.21. The molecule has 0 unspecified atom stereocenters. The van der Waals surface area contributed by atoms with Crippen LogP contribution in [0.4, 0.5) is 0 Å². The Labute approximate surface area is 121 Å². The quantitative estimate of drug-likeness (QED) is 0.812. The molecule has 0 aliphatic rings. The molecule has 20 heavy (non-hydrogen) atoms. The van der Waals surface area contributed by atoms with Gasteiger partial charge in [0.25, 0.3) is 10.2 Å². The van der Waals surface area contributed by atoms with Gasteiger partial charge in [0.15, 0.2) is 0 Å². The lowest BCUT2D eigenvalue weighted by atomic mass is 10.1. The molecule has 0 aliphatic heterocycles. The monoisotopic (exact) mass is 296 g/mol. The summed E-state index contributed by atoms with van der Waals surface area (Å²) < 4.78 is 26.4. The number of aliphatic hydroxyl groups is 1. The highest BCUT2D eigenvalue weighted by Crippen LogP contribution is 2.13. The second-order valence-corrected chi connectivity index (χ2v) is 6.73. The van der Waals surface area contributed by atoms with Gasteiger partial charge in [-0.15, -0.1) is 0 Å². The van der Waals surface area contributed by atoms with Crippen LogP contribution in [0.15, 0.2) is 24.3 Å². The van der Waals surface area contributed by atoms with Crippen molar-refractivity contribution in [1.29, 1.82) is 0 Å². The van der Waals surface area contributed by atoms with Crippen molar-refractivity contribution in [3.05, 3.63) is 35.4 Å². The van der Waals surface area contributed by atoms with E-state index in [0.717, 1.165) is 11.1 Å². The standard InChI is InChI=1S/C14H20N2O3S/c1-15(2)20(18,19)16(3)12-14-10-5-4-8-13(14)9-6-7-11-17/h4-5,8,10,17H,7,11-12H2,1-3H3. The first-order valence-electron chi connectivity index (χ1n) is 6.21. The molecule has 1 N–H and O–H groups in total. The van der Waals surface area contributed by atoms with Gasteiger partial charge in [-0.2, -0.15) is 17.0 Å². The van der Waals surface area contributed by atoms with E-state index < -0.39 is 10.2 Å². The van der Waals surface area contributed by atoms with Gasteiger partial charge in [0.1, 0.15) is 0 Å². The van der Waals surface area contributed by atoms with Crippen molar-refractivity contribution >= 4 is 10.2 Å². The molecule has 0 fully saturated rings. The van der Waals surface area contributed by atoms with Gasteiger partial charge in [-0.05, 0) is 11.6 Å². The van der Waals surface area contributed by atoms with Gasteiger partial charge in [0, 0.05) is 39.7 Å². The van der Waals surface area contributed by atoms with E-state index in [-0.39, 0.29) is 13.2 Å². The molecule has 0 aromatic heterocycles. The van der Waals surface area contributed by atoms with Crippen molar-refractivity contribution in [3.63, 3.8) is 0 Å². The predicted octanol–water partition coefficient (Wildman–Crippen LogP) is 0.659. The summed E-state index contributed by atoms with van der Waals surface area (Å²) in [6, 6.07) is 7.40. The fourth-order valence-corrected chi connectivity index (χ4v) is 2.45. The zero-order chi connectivity index (χ0) is 15.2. The second-order valence-electron chi connectivity index (χ2n) is 4.48. The van der Waals surface area contributed by atoms with Crippen molar-refractivity contribution in [1.82, 2.24) is 8.61 Å². The van der Waals surface area contributed by atoms with Gasteiger partial charge in [-0.1, -0.05) is 30.0 Å². The maximum atomic E-state index is 12.0. The third-order valence-corrected chi connectivity index (χ3v) is 4.57. The van der Waals surface area contributed by atoms with Crippen LogP contribution in [0.25, 0.3) is 0 Å². The summed E-state index contributed by atoms with van der Waals surface area (Å²) in [5.41, 5.74) is 1.62. The van der Waals surface area contributed by atoms with Crippen LogP contribution in [0.3, 0.4) is 0 Å². The van der Waals surface area contributed by atoms with Crippen LogP contribution in [-0.4, -0.2) is 49.9 Å². The number of rotatable bonds is 5. The number of aliphatic hydroxyl groups excluding tert-OH is 1. The number of hydrogen-bond donors (Lipinski definition) is 1. The first kappa shape index (κ1) is 16.7. The van der Waals surface area contributed by atoms with E-state index in [9.17, 15) is 8.42 Å². The molecule has 1 rings (SSSR count). The molecule has 0 atom stereocenters. The molecule has 6 heteroatoms. The van der Waals surface area contributed by atoms with E-state index in [2.05, 4.69) is 11.8 Å². The third kappa shape index (κ3) is 4.32. The van der Waals surface area contributed by atoms with E-state index in [1.807, 2.05) is 24.3 Å². The van der Waals surface area contributed by atoms with Crippen LogP contribution in [0.2, 0.25) is 0 Å². The normalized spacial score (nSPS) is 11.5. The first-order chi connectivity index (χ1) is 9.39. The lowest BCUT2D eigenvalue weighted by molar-refractivity contribution is 0.305. The van der Waals surface area contributed by atoms with E-state index in [4.69, 9.17) is 5.11 Å². The molecular formula is C14H20N2O3S. The van der Waals surface area contributed by atoms with E-state index in [0.29, 0.717) is 6.42 Å². The molecule has 0 amide bonds. The summed E-state index contributed by atoms with van der Waals surface area (Å²) in [5.74, 6) is 5.80. The molecular weight excluding hydrogens is 276 g/mol. The Balaban J connectivity index is 2.97. The summed E-state index contributed by atoms with van der Waals surface area (Å²) in [6.07, 6.45) is 0.403. The minimum atomic E-state index is -3.44. The van der Waals surface area contributed by atoms with E-state index >= 15 is 0 Å². The van der Waals surface area contributed by atoms with Crippen molar-refractivity contribution < 1.29 is 13.5 Å². The largest absolute Gasteiger partial charge is 0.395 e. The Hall–Kier alpha value is -1.39. The van der Waals surface area contributed by atoms with Crippen LogP contribution in [-0.2, 0) is 16.8 Å².